The molecule has 0 radical (unpaired) electrons. The van der Waals surface area contributed by atoms with Crippen LogP contribution < -0.4 is 0 Å². The lowest BCUT2D eigenvalue weighted by Gasteiger charge is -2.37. The predicted molar refractivity (Wildman–Crippen MR) is 63.2 cm³/mol. The highest BCUT2D eigenvalue weighted by molar-refractivity contribution is 5.41. The van der Waals surface area contributed by atoms with Crippen LogP contribution >= 0.6 is 0 Å². The summed E-state index contributed by atoms with van der Waals surface area (Å²) in [6.07, 6.45) is 6.35. The van der Waals surface area contributed by atoms with Crippen LogP contribution in [-0.4, -0.2) is 11.2 Å². The van der Waals surface area contributed by atoms with Crippen molar-refractivity contribution in [2.24, 2.45) is 4.99 Å². The predicted octanol–water partition coefficient (Wildman–Crippen LogP) is 2.38. The van der Waals surface area contributed by atoms with Crippen LogP contribution in [0.5, 0.6) is 0 Å². The Bertz CT molecular complexity index is 477. The van der Waals surface area contributed by atoms with Gasteiger partial charge in [-0.1, -0.05) is 24.3 Å². The summed E-state index contributed by atoms with van der Waals surface area (Å²) in [6, 6.07) is 7.91. The van der Waals surface area contributed by atoms with Crippen LogP contribution in [0.15, 0.2) is 29.3 Å². The number of aliphatic imine (C=N–C) groups is 1. The fraction of sp³-hybridized carbons (Fsp3) is 0.500. The first-order valence-electron chi connectivity index (χ1n) is 6.11. The minimum atomic E-state index is -0.584. The molecule has 2 aliphatic rings. The molecule has 0 aliphatic heterocycles. The van der Waals surface area contributed by atoms with Gasteiger partial charge in [-0.25, -0.2) is 4.79 Å². The van der Waals surface area contributed by atoms with Gasteiger partial charge in [-0.2, -0.15) is 4.99 Å². The van der Waals surface area contributed by atoms with Crippen molar-refractivity contribution in [3.05, 3.63) is 35.4 Å². The van der Waals surface area contributed by atoms with Crippen LogP contribution in [-0.2, 0) is 15.9 Å². The molecule has 0 atom stereocenters. The van der Waals surface area contributed by atoms with Gasteiger partial charge in [-0.15, -0.1) is 0 Å². The van der Waals surface area contributed by atoms with E-state index in [2.05, 4.69) is 4.99 Å². The Hall–Kier alpha value is -1.44. The van der Waals surface area contributed by atoms with Crippen molar-refractivity contribution in [2.45, 2.75) is 43.2 Å². The van der Waals surface area contributed by atoms with E-state index >= 15 is 0 Å². The minimum Gasteiger partial charge on any atom is -0.385 e. The van der Waals surface area contributed by atoms with Crippen LogP contribution in [0.2, 0.25) is 0 Å². The number of hydrogen-bond donors (Lipinski definition) is 1. The lowest BCUT2D eigenvalue weighted by atomic mass is 9.72. The number of carbonyl (C=O) groups excluding carboxylic acids is 1. The molecule has 0 unspecified atom stereocenters. The van der Waals surface area contributed by atoms with Gasteiger partial charge in [0.05, 0.1) is 11.1 Å². The van der Waals surface area contributed by atoms with Crippen molar-refractivity contribution >= 4 is 6.08 Å². The summed E-state index contributed by atoms with van der Waals surface area (Å²) in [5.41, 5.74) is 1.14. The summed E-state index contributed by atoms with van der Waals surface area (Å²) in [4.78, 5) is 14.5. The lowest BCUT2D eigenvalue weighted by molar-refractivity contribution is 0.151. The smallest absolute Gasteiger partial charge is 0.235 e. The normalized spacial score (nSPS) is 23.4. The largest absolute Gasteiger partial charge is 0.385 e. The van der Waals surface area contributed by atoms with Gasteiger partial charge in [-0.3, -0.25) is 0 Å². The topological polar surface area (TPSA) is 49.7 Å². The summed E-state index contributed by atoms with van der Waals surface area (Å²) in [5.74, 6) is 0. The van der Waals surface area contributed by atoms with E-state index in [0.717, 1.165) is 43.2 Å². The molecular formula is C14H15NO2. The molecule has 1 aromatic carbocycles. The van der Waals surface area contributed by atoms with Crippen molar-refractivity contribution in [1.29, 1.82) is 0 Å². The SMILES string of the molecule is O=C=NC1(c2ccc(C3(O)CC3)cc2)CCC1. The van der Waals surface area contributed by atoms with E-state index in [0.29, 0.717) is 0 Å². The fourth-order valence-corrected chi connectivity index (χ4v) is 2.56. The molecule has 0 bridgehead atoms. The number of nitrogens with zero attached hydrogens (tertiary/aromatic N) is 1. The highest BCUT2D eigenvalue weighted by atomic mass is 16.3. The number of hydrogen-bond acceptors (Lipinski definition) is 3. The molecule has 88 valence electrons. The van der Waals surface area contributed by atoms with Gasteiger partial charge < -0.3 is 5.11 Å². The number of benzene rings is 1. The second-order valence-electron chi connectivity index (χ2n) is 5.20. The molecule has 0 amide bonds. The van der Waals surface area contributed by atoms with Crippen LogP contribution in [0.4, 0.5) is 0 Å². The van der Waals surface area contributed by atoms with E-state index in [1.165, 1.54) is 0 Å². The zero-order valence-electron chi connectivity index (χ0n) is 9.65. The summed E-state index contributed by atoms with van der Waals surface area (Å²) in [7, 11) is 0. The monoisotopic (exact) mass is 229 g/mol. The molecule has 0 saturated heterocycles. The first kappa shape index (κ1) is 10.7. The van der Waals surface area contributed by atoms with E-state index in [9.17, 15) is 9.90 Å². The standard InChI is InChI=1S/C14H15NO2/c16-10-15-13(6-1-7-13)11-2-4-12(5-3-11)14(17)8-9-14/h2-5,17H,1,6-9H2. The van der Waals surface area contributed by atoms with Crippen molar-refractivity contribution in [2.75, 3.05) is 0 Å². The van der Waals surface area contributed by atoms with E-state index in [4.69, 9.17) is 0 Å². The van der Waals surface area contributed by atoms with Gasteiger partial charge in [0, 0.05) is 0 Å². The van der Waals surface area contributed by atoms with Crippen LogP contribution in [0, 0.1) is 0 Å². The number of rotatable bonds is 3. The van der Waals surface area contributed by atoms with Crippen molar-refractivity contribution in [3.8, 4) is 0 Å². The first-order valence-corrected chi connectivity index (χ1v) is 6.11. The molecule has 1 aromatic rings. The van der Waals surface area contributed by atoms with Gasteiger partial charge in [0.2, 0.25) is 6.08 Å². The summed E-state index contributed by atoms with van der Waals surface area (Å²) < 4.78 is 0. The summed E-state index contributed by atoms with van der Waals surface area (Å²) >= 11 is 0. The second kappa shape index (κ2) is 3.52. The minimum absolute atomic E-state index is 0.327. The Balaban J connectivity index is 1.91. The van der Waals surface area contributed by atoms with Gasteiger partial charge in [0.1, 0.15) is 0 Å². The van der Waals surface area contributed by atoms with E-state index < -0.39 is 5.60 Å². The zero-order valence-corrected chi connectivity index (χ0v) is 9.65. The molecule has 2 fully saturated rings. The molecule has 0 aromatic heterocycles. The third-order valence-corrected chi connectivity index (χ3v) is 4.12. The van der Waals surface area contributed by atoms with Crippen LogP contribution in [0.3, 0.4) is 0 Å². The second-order valence-corrected chi connectivity index (χ2v) is 5.20. The maximum absolute atomic E-state index is 10.5. The van der Waals surface area contributed by atoms with E-state index in [1.54, 1.807) is 6.08 Å². The molecule has 3 rings (SSSR count). The molecule has 3 nitrogen and oxygen atoms in total. The summed E-state index contributed by atoms with van der Waals surface area (Å²) in [5, 5.41) is 9.98. The van der Waals surface area contributed by atoms with Crippen LogP contribution in [0.1, 0.15) is 43.2 Å². The Morgan fingerprint density at radius 2 is 1.65 bits per heavy atom. The lowest BCUT2D eigenvalue weighted by Crippen LogP contribution is -2.31. The summed E-state index contributed by atoms with van der Waals surface area (Å²) in [6.45, 7) is 0. The Labute approximate surface area is 100 Å². The molecule has 0 heterocycles. The Morgan fingerprint density at radius 1 is 1.06 bits per heavy atom. The van der Waals surface area contributed by atoms with Crippen molar-refractivity contribution < 1.29 is 9.90 Å². The van der Waals surface area contributed by atoms with Gasteiger partial charge >= 0.3 is 0 Å². The quantitative estimate of drug-likeness (QED) is 0.639. The van der Waals surface area contributed by atoms with Gasteiger partial charge in [-0.05, 0) is 43.2 Å². The molecule has 3 heteroatoms. The van der Waals surface area contributed by atoms with Crippen molar-refractivity contribution in [1.82, 2.24) is 0 Å². The van der Waals surface area contributed by atoms with E-state index in [-0.39, 0.29) is 5.54 Å². The molecule has 1 N–H and O–H groups in total. The highest BCUT2D eigenvalue weighted by Crippen LogP contribution is 2.48. The average molecular weight is 229 g/mol. The molecule has 17 heavy (non-hydrogen) atoms. The van der Waals surface area contributed by atoms with Crippen molar-refractivity contribution in [3.63, 3.8) is 0 Å². The average Bonchev–Trinajstić information content (AvgIpc) is 3.04. The van der Waals surface area contributed by atoms with E-state index in [1.807, 2.05) is 24.3 Å². The fourth-order valence-electron chi connectivity index (χ4n) is 2.56. The van der Waals surface area contributed by atoms with Crippen LogP contribution in [0.25, 0.3) is 0 Å². The third kappa shape index (κ3) is 1.63. The molecule has 0 spiro atoms. The third-order valence-electron chi connectivity index (χ3n) is 4.12. The van der Waals surface area contributed by atoms with Gasteiger partial charge in [0.25, 0.3) is 0 Å². The zero-order chi connectivity index (χ0) is 11.9. The maximum Gasteiger partial charge on any atom is 0.235 e. The highest BCUT2D eigenvalue weighted by Gasteiger charge is 2.43. The number of isocyanates is 1. The Kier molecular flexibility index (Phi) is 2.22. The maximum atomic E-state index is 10.5. The molecular weight excluding hydrogens is 214 g/mol. The number of aliphatic hydroxyl groups is 1. The molecule has 2 saturated carbocycles. The van der Waals surface area contributed by atoms with Gasteiger partial charge in [0.15, 0.2) is 0 Å². The molecule has 2 aliphatic carbocycles. The first-order chi connectivity index (χ1) is 8.19. The Morgan fingerprint density at radius 3 is 2.06 bits per heavy atom.